The molecule has 1 rings (SSSR count). The standard InChI is InChI=1S/C11H19NO3/c1-8(2)10(13)7-12-11(14)6-9-4-3-5-15-9/h8-9H,3-7H2,1-2H3,(H,12,14). The van der Waals surface area contributed by atoms with Crippen molar-refractivity contribution < 1.29 is 14.3 Å². The van der Waals surface area contributed by atoms with Crippen LogP contribution in [0, 0.1) is 5.92 Å². The van der Waals surface area contributed by atoms with Gasteiger partial charge in [0.15, 0.2) is 5.78 Å². The Bertz CT molecular complexity index is 232. The molecule has 1 fully saturated rings. The van der Waals surface area contributed by atoms with Crippen LogP contribution < -0.4 is 5.32 Å². The molecule has 0 aromatic heterocycles. The SMILES string of the molecule is CC(C)C(=O)CNC(=O)CC1CCCO1. The maximum Gasteiger partial charge on any atom is 0.222 e. The lowest BCUT2D eigenvalue weighted by molar-refractivity contribution is -0.127. The first kappa shape index (κ1) is 12.2. The number of carbonyl (C=O) groups excluding carboxylic acids is 2. The minimum Gasteiger partial charge on any atom is -0.378 e. The van der Waals surface area contributed by atoms with Crippen molar-refractivity contribution in [2.45, 2.75) is 39.2 Å². The molecule has 0 spiro atoms. The molecule has 4 heteroatoms. The Balaban J connectivity index is 2.15. The molecule has 1 aliphatic heterocycles. The molecule has 1 atom stereocenters. The van der Waals surface area contributed by atoms with Crippen molar-refractivity contribution in [2.75, 3.05) is 13.2 Å². The van der Waals surface area contributed by atoms with Gasteiger partial charge in [-0.05, 0) is 12.8 Å². The predicted molar refractivity (Wildman–Crippen MR) is 56.4 cm³/mol. The molecule has 1 unspecified atom stereocenters. The van der Waals surface area contributed by atoms with Crippen LogP contribution in [-0.2, 0) is 14.3 Å². The van der Waals surface area contributed by atoms with Crippen LogP contribution in [0.25, 0.3) is 0 Å². The van der Waals surface area contributed by atoms with Crippen molar-refractivity contribution in [3.8, 4) is 0 Å². The second kappa shape index (κ2) is 5.85. The van der Waals surface area contributed by atoms with Gasteiger partial charge in [0.05, 0.1) is 19.1 Å². The van der Waals surface area contributed by atoms with Crippen LogP contribution in [0.4, 0.5) is 0 Å². The number of hydrogen-bond donors (Lipinski definition) is 1. The van der Waals surface area contributed by atoms with Gasteiger partial charge in [0.1, 0.15) is 0 Å². The van der Waals surface area contributed by atoms with Gasteiger partial charge in [-0.25, -0.2) is 0 Å². The third-order valence-electron chi connectivity index (χ3n) is 2.54. The molecule has 1 amide bonds. The Hall–Kier alpha value is -0.900. The van der Waals surface area contributed by atoms with Crippen LogP contribution in [0.15, 0.2) is 0 Å². The highest BCUT2D eigenvalue weighted by Crippen LogP contribution is 2.14. The van der Waals surface area contributed by atoms with E-state index in [0.29, 0.717) is 6.42 Å². The molecule has 15 heavy (non-hydrogen) atoms. The predicted octanol–water partition coefficient (Wildman–Crippen LogP) is 0.897. The summed E-state index contributed by atoms with van der Waals surface area (Å²) in [5.41, 5.74) is 0. The second-order valence-electron chi connectivity index (χ2n) is 4.24. The Morgan fingerprint density at radius 1 is 1.47 bits per heavy atom. The van der Waals surface area contributed by atoms with Crippen molar-refractivity contribution in [1.82, 2.24) is 5.32 Å². The van der Waals surface area contributed by atoms with E-state index in [0.717, 1.165) is 19.4 Å². The number of nitrogens with one attached hydrogen (secondary N) is 1. The molecule has 1 N–H and O–H groups in total. The van der Waals surface area contributed by atoms with Crippen LogP contribution in [-0.4, -0.2) is 30.9 Å². The highest BCUT2D eigenvalue weighted by atomic mass is 16.5. The van der Waals surface area contributed by atoms with E-state index >= 15 is 0 Å². The van der Waals surface area contributed by atoms with Gasteiger partial charge in [-0.15, -0.1) is 0 Å². The minimum absolute atomic E-state index is 0.0203. The van der Waals surface area contributed by atoms with E-state index in [-0.39, 0.29) is 30.3 Å². The van der Waals surface area contributed by atoms with Crippen molar-refractivity contribution in [3.05, 3.63) is 0 Å². The minimum atomic E-state index is -0.0871. The van der Waals surface area contributed by atoms with E-state index < -0.39 is 0 Å². The smallest absolute Gasteiger partial charge is 0.222 e. The van der Waals surface area contributed by atoms with E-state index in [1.165, 1.54) is 0 Å². The summed E-state index contributed by atoms with van der Waals surface area (Å²) in [6, 6.07) is 0. The number of carbonyl (C=O) groups is 2. The summed E-state index contributed by atoms with van der Waals surface area (Å²) < 4.78 is 5.33. The fraction of sp³-hybridized carbons (Fsp3) is 0.818. The van der Waals surface area contributed by atoms with Crippen LogP contribution >= 0.6 is 0 Å². The zero-order valence-corrected chi connectivity index (χ0v) is 9.41. The number of hydrogen-bond acceptors (Lipinski definition) is 3. The average Bonchev–Trinajstić information content (AvgIpc) is 2.66. The van der Waals surface area contributed by atoms with Crippen LogP contribution in [0.1, 0.15) is 33.1 Å². The molecular weight excluding hydrogens is 194 g/mol. The fourth-order valence-electron chi connectivity index (χ4n) is 1.47. The van der Waals surface area contributed by atoms with Crippen molar-refractivity contribution in [3.63, 3.8) is 0 Å². The number of Topliss-reactive ketones (excluding diaryl/α,β-unsaturated/α-hetero) is 1. The molecule has 0 aromatic rings. The summed E-state index contributed by atoms with van der Waals surface area (Å²) in [6.45, 7) is 4.55. The Labute approximate surface area is 90.4 Å². The Kier molecular flexibility index (Phi) is 4.75. The van der Waals surface area contributed by atoms with Crippen molar-refractivity contribution in [1.29, 1.82) is 0 Å². The molecule has 1 heterocycles. The first-order chi connectivity index (χ1) is 7.09. The van der Waals surface area contributed by atoms with E-state index in [4.69, 9.17) is 4.74 Å². The van der Waals surface area contributed by atoms with Gasteiger partial charge < -0.3 is 10.1 Å². The maximum absolute atomic E-state index is 11.4. The van der Waals surface area contributed by atoms with Crippen molar-refractivity contribution in [2.24, 2.45) is 5.92 Å². The van der Waals surface area contributed by atoms with Gasteiger partial charge in [0, 0.05) is 12.5 Å². The van der Waals surface area contributed by atoms with Gasteiger partial charge in [-0.3, -0.25) is 9.59 Å². The molecule has 0 radical (unpaired) electrons. The highest BCUT2D eigenvalue weighted by Gasteiger charge is 2.19. The summed E-state index contributed by atoms with van der Waals surface area (Å²) >= 11 is 0. The summed E-state index contributed by atoms with van der Waals surface area (Å²) in [4.78, 5) is 22.6. The number of ether oxygens (including phenoxy) is 1. The monoisotopic (exact) mass is 213 g/mol. The second-order valence-corrected chi connectivity index (χ2v) is 4.24. The first-order valence-electron chi connectivity index (χ1n) is 5.50. The fourth-order valence-corrected chi connectivity index (χ4v) is 1.47. The first-order valence-corrected chi connectivity index (χ1v) is 5.50. The third-order valence-corrected chi connectivity index (χ3v) is 2.54. The van der Waals surface area contributed by atoms with Crippen LogP contribution in [0.2, 0.25) is 0 Å². The molecule has 0 aliphatic carbocycles. The van der Waals surface area contributed by atoms with Gasteiger partial charge in [-0.1, -0.05) is 13.8 Å². The number of ketones is 1. The van der Waals surface area contributed by atoms with E-state index in [9.17, 15) is 9.59 Å². The zero-order chi connectivity index (χ0) is 11.3. The maximum atomic E-state index is 11.4. The number of rotatable bonds is 5. The van der Waals surface area contributed by atoms with Gasteiger partial charge in [0.2, 0.25) is 5.91 Å². The van der Waals surface area contributed by atoms with Crippen LogP contribution in [0.5, 0.6) is 0 Å². The molecular formula is C11H19NO3. The molecule has 4 nitrogen and oxygen atoms in total. The summed E-state index contributed by atoms with van der Waals surface area (Å²) in [7, 11) is 0. The Morgan fingerprint density at radius 3 is 2.73 bits per heavy atom. The lowest BCUT2D eigenvalue weighted by Crippen LogP contribution is -2.33. The lowest BCUT2D eigenvalue weighted by atomic mass is 10.1. The van der Waals surface area contributed by atoms with E-state index in [2.05, 4.69) is 5.32 Å². The quantitative estimate of drug-likeness (QED) is 0.738. The van der Waals surface area contributed by atoms with Gasteiger partial charge in [-0.2, -0.15) is 0 Å². The average molecular weight is 213 g/mol. The van der Waals surface area contributed by atoms with Gasteiger partial charge in [0.25, 0.3) is 0 Å². The number of amides is 1. The molecule has 0 saturated carbocycles. The largest absolute Gasteiger partial charge is 0.378 e. The Morgan fingerprint density at radius 2 is 2.20 bits per heavy atom. The summed E-state index contributed by atoms with van der Waals surface area (Å²) in [5, 5.41) is 2.62. The van der Waals surface area contributed by atoms with E-state index in [1.54, 1.807) is 0 Å². The van der Waals surface area contributed by atoms with E-state index in [1.807, 2.05) is 13.8 Å². The molecule has 1 aliphatic rings. The lowest BCUT2D eigenvalue weighted by Gasteiger charge is -2.10. The molecule has 0 bridgehead atoms. The molecule has 0 aromatic carbocycles. The summed E-state index contributed by atoms with van der Waals surface area (Å²) in [5.74, 6) is -0.0420. The zero-order valence-electron chi connectivity index (χ0n) is 9.41. The normalized spacial score (nSPS) is 20.6. The highest BCUT2D eigenvalue weighted by molar-refractivity contribution is 5.87. The van der Waals surface area contributed by atoms with Crippen molar-refractivity contribution >= 4 is 11.7 Å². The van der Waals surface area contributed by atoms with Gasteiger partial charge >= 0.3 is 0 Å². The van der Waals surface area contributed by atoms with Crippen LogP contribution in [0.3, 0.4) is 0 Å². The molecule has 86 valence electrons. The summed E-state index contributed by atoms with van der Waals surface area (Å²) in [6.07, 6.45) is 2.42. The molecule has 1 saturated heterocycles. The third kappa shape index (κ3) is 4.42. The topological polar surface area (TPSA) is 55.4 Å².